The Morgan fingerprint density at radius 1 is 1.06 bits per heavy atom. The molecule has 4 heterocycles. The number of nitrogens with zero attached hydrogens (tertiary/aromatic N) is 5. The number of carboxylic acid groups (broad SMARTS) is 1. The van der Waals surface area contributed by atoms with Crippen LogP contribution in [0.5, 0.6) is 5.88 Å². The van der Waals surface area contributed by atoms with Crippen LogP contribution in [0.1, 0.15) is 42.2 Å². The predicted octanol–water partition coefficient (Wildman–Crippen LogP) is 6.61. The second-order valence-corrected chi connectivity index (χ2v) is 12.7. The zero-order chi connectivity index (χ0) is 35.3. The first-order chi connectivity index (χ1) is 23.0. The molecule has 260 valence electrons. The van der Waals surface area contributed by atoms with Crippen molar-refractivity contribution in [3.8, 4) is 22.7 Å². The van der Waals surface area contributed by atoms with E-state index in [0.717, 1.165) is 12.1 Å². The lowest BCUT2D eigenvalue weighted by Crippen LogP contribution is -2.41. The number of rotatable bonds is 7. The van der Waals surface area contributed by atoms with Crippen LogP contribution in [-0.4, -0.2) is 62.7 Å². The number of carbonyl (C=O) groups is 1. The minimum absolute atomic E-state index is 0.0441. The quantitative estimate of drug-likeness (QED) is 0.182. The molecule has 0 aliphatic carbocycles. The molecule has 0 saturated carbocycles. The van der Waals surface area contributed by atoms with Gasteiger partial charge < -0.3 is 25.8 Å². The highest BCUT2D eigenvalue weighted by Crippen LogP contribution is 2.43. The summed E-state index contributed by atoms with van der Waals surface area (Å²) in [7, 11) is 0. The number of benzene rings is 2. The summed E-state index contributed by atoms with van der Waals surface area (Å²) < 4.78 is 91.2. The average Bonchev–Trinajstić information content (AvgIpc) is 3.65. The molecule has 0 bridgehead atoms. The average molecular weight is 710 g/mol. The Labute approximate surface area is 280 Å². The summed E-state index contributed by atoms with van der Waals surface area (Å²) in [4.78, 5) is 21.4. The van der Waals surface area contributed by atoms with Crippen molar-refractivity contribution in [3.63, 3.8) is 0 Å². The van der Waals surface area contributed by atoms with Crippen molar-refractivity contribution < 1.29 is 41.0 Å². The first-order valence-corrected chi connectivity index (χ1v) is 15.5. The molecule has 2 saturated heterocycles. The van der Waals surface area contributed by atoms with Crippen LogP contribution in [0, 0.1) is 12.3 Å². The van der Waals surface area contributed by atoms with Gasteiger partial charge in [-0.3, -0.25) is 4.79 Å². The molecule has 2 aromatic heterocycles. The van der Waals surface area contributed by atoms with Gasteiger partial charge >= 0.3 is 18.3 Å². The van der Waals surface area contributed by atoms with Crippen LogP contribution >= 0.6 is 11.6 Å². The number of hydrogen-bond acceptors (Lipinski definition) is 8. The number of aromatic nitrogens is 4. The Hall–Kier alpha value is -4.57. The summed E-state index contributed by atoms with van der Waals surface area (Å²) in [6.07, 6.45) is -9.02. The van der Waals surface area contributed by atoms with E-state index in [9.17, 15) is 36.2 Å². The number of piperidine rings is 1. The third-order valence-corrected chi connectivity index (χ3v) is 9.25. The molecular weight excluding hydrogens is 680 g/mol. The predicted molar refractivity (Wildman–Crippen MR) is 168 cm³/mol. The number of aliphatic carboxylic acids is 1. The van der Waals surface area contributed by atoms with Gasteiger partial charge in [0.05, 0.1) is 22.0 Å². The number of ether oxygens (including phenoxy) is 1. The van der Waals surface area contributed by atoms with E-state index in [4.69, 9.17) is 22.1 Å². The van der Waals surface area contributed by atoms with E-state index in [2.05, 4.69) is 20.4 Å². The molecule has 2 fully saturated rings. The SMILES string of the molecule is Cc1ccn(-c2cc(-c3ccc(C(F)(F)F)c(Cl)c3)ccc2C(Oc2cc(N3CCC4(CC3)CNC(C(=O)O)C4)nc(N)n2)C(F)(F)F)n1. The second-order valence-electron chi connectivity index (χ2n) is 12.3. The van der Waals surface area contributed by atoms with Crippen molar-refractivity contribution in [2.45, 2.75) is 50.7 Å². The highest BCUT2D eigenvalue weighted by molar-refractivity contribution is 6.31. The van der Waals surface area contributed by atoms with Gasteiger partial charge in [-0.05, 0) is 67.0 Å². The van der Waals surface area contributed by atoms with E-state index >= 15 is 0 Å². The molecule has 4 aromatic rings. The fourth-order valence-corrected chi connectivity index (χ4v) is 6.67. The van der Waals surface area contributed by atoms with Crippen LogP contribution < -0.4 is 20.7 Å². The van der Waals surface area contributed by atoms with Crippen molar-refractivity contribution in [2.24, 2.45) is 5.41 Å². The summed E-state index contributed by atoms with van der Waals surface area (Å²) in [5.74, 6) is -1.38. The normalized spacial score (nSPS) is 18.5. The molecule has 1 spiro atoms. The number of anilines is 2. The van der Waals surface area contributed by atoms with Crippen molar-refractivity contribution in [1.29, 1.82) is 0 Å². The van der Waals surface area contributed by atoms with E-state index in [1.807, 2.05) is 4.90 Å². The van der Waals surface area contributed by atoms with Gasteiger partial charge in [0, 0.05) is 37.5 Å². The van der Waals surface area contributed by atoms with Gasteiger partial charge in [0.2, 0.25) is 17.9 Å². The van der Waals surface area contributed by atoms with E-state index in [-0.39, 0.29) is 39.6 Å². The minimum atomic E-state index is -4.97. The van der Waals surface area contributed by atoms with Crippen molar-refractivity contribution >= 4 is 29.3 Å². The van der Waals surface area contributed by atoms with Gasteiger partial charge in [-0.25, -0.2) is 4.68 Å². The topological polar surface area (TPSA) is 131 Å². The van der Waals surface area contributed by atoms with Crippen LogP contribution in [0.2, 0.25) is 5.02 Å². The highest BCUT2D eigenvalue weighted by Gasteiger charge is 2.46. The Morgan fingerprint density at radius 3 is 2.35 bits per heavy atom. The number of carboxylic acids is 1. The summed E-state index contributed by atoms with van der Waals surface area (Å²) in [5.41, 5.74) is 5.31. The third-order valence-electron chi connectivity index (χ3n) is 8.94. The van der Waals surface area contributed by atoms with Crippen LogP contribution in [0.25, 0.3) is 16.8 Å². The highest BCUT2D eigenvalue weighted by atomic mass is 35.5. The molecule has 0 amide bonds. The Bertz CT molecular complexity index is 1870. The molecule has 10 nitrogen and oxygen atoms in total. The molecule has 4 N–H and O–H groups in total. The van der Waals surface area contributed by atoms with Gasteiger partial charge in [0.1, 0.15) is 11.9 Å². The molecule has 49 heavy (non-hydrogen) atoms. The Morgan fingerprint density at radius 2 is 1.76 bits per heavy atom. The molecular formula is C32H30ClF6N7O3. The molecule has 2 aliphatic rings. The standard InChI is InChI=1S/C32H30ClF6N7O3/c1-17-6-9-46(44-17)24-13-19(18-3-5-21(22(33)12-18)31(34,35)36)2-4-20(24)27(32(37,38)39)49-26-14-25(42-29(40)43-26)45-10-7-30(8-11-45)15-23(28(47)48)41-16-30/h2-6,9,12-14,23,27,41H,7-8,10-11,15-16H2,1H3,(H,47,48)(H2,40,42,43). The molecule has 2 aromatic carbocycles. The fourth-order valence-electron chi connectivity index (χ4n) is 6.38. The Kier molecular flexibility index (Phi) is 8.90. The van der Waals surface area contributed by atoms with Crippen molar-refractivity contribution in [3.05, 3.63) is 76.6 Å². The number of nitrogen functional groups attached to an aromatic ring is 1. The lowest BCUT2D eigenvalue weighted by atomic mass is 9.76. The number of nitrogens with one attached hydrogen (secondary N) is 1. The maximum absolute atomic E-state index is 14.8. The largest absolute Gasteiger partial charge is 0.480 e. The molecule has 0 radical (unpaired) electrons. The number of halogens is 7. The zero-order valence-electron chi connectivity index (χ0n) is 25.8. The van der Waals surface area contributed by atoms with Crippen molar-refractivity contribution in [1.82, 2.24) is 25.1 Å². The van der Waals surface area contributed by atoms with E-state index in [1.54, 1.807) is 13.0 Å². The van der Waals surface area contributed by atoms with E-state index < -0.39 is 46.9 Å². The molecule has 2 atom stereocenters. The maximum atomic E-state index is 14.8. The van der Waals surface area contributed by atoms with Gasteiger partial charge in [-0.1, -0.05) is 29.8 Å². The van der Waals surface area contributed by atoms with Crippen LogP contribution in [0.15, 0.2) is 54.7 Å². The first kappa shape index (κ1) is 34.3. The first-order valence-electron chi connectivity index (χ1n) is 15.1. The molecule has 2 aliphatic heterocycles. The summed E-state index contributed by atoms with van der Waals surface area (Å²) in [6, 6.07) is 9.16. The summed E-state index contributed by atoms with van der Waals surface area (Å²) >= 11 is 5.93. The molecule has 6 rings (SSSR count). The number of hydrogen-bond donors (Lipinski definition) is 3. The lowest BCUT2D eigenvalue weighted by Gasteiger charge is -2.39. The lowest BCUT2D eigenvalue weighted by molar-refractivity contribution is -0.198. The molecule has 17 heteroatoms. The fraction of sp³-hybridized carbons (Fsp3) is 0.375. The van der Waals surface area contributed by atoms with Crippen LogP contribution in [0.3, 0.4) is 0 Å². The van der Waals surface area contributed by atoms with Gasteiger partial charge in [0.15, 0.2) is 0 Å². The van der Waals surface area contributed by atoms with E-state index in [1.165, 1.54) is 41.2 Å². The van der Waals surface area contributed by atoms with Gasteiger partial charge in [-0.15, -0.1) is 0 Å². The Balaban J connectivity index is 1.32. The van der Waals surface area contributed by atoms with Crippen molar-refractivity contribution in [2.75, 3.05) is 30.3 Å². The number of aryl methyl sites for hydroxylation is 1. The van der Waals surface area contributed by atoms with E-state index in [0.29, 0.717) is 44.6 Å². The van der Waals surface area contributed by atoms with Gasteiger partial charge in [-0.2, -0.15) is 41.4 Å². The minimum Gasteiger partial charge on any atom is -0.480 e. The number of nitrogens with two attached hydrogens (primary N) is 1. The van der Waals surface area contributed by atoms with Crippen LogP contribution in [0.4, 0.5) is 38.1 Å². The summed E-state index contributed by atoms with van der Waals surface area (Å²) in [5, 5.41) is 16.1. The summed E-state index contributed by atoms with van der Waals surface area (Å²) in [6.45, 7) is 3.12. The second kappa shape index (κ2) is 12.7. The monoisotopic (exact) mass is 709 g/mol. The smallest absolute Gasteiger partial charge is 0.429 e. The van der Waals surface area contributed by atoms with Gasteiger partial charge in [0.25, 0.3) is 0 Å². The van der Waals surface area contributed by atoms with Crippen LogP contribution in [-0.2, 0) is 11.0 Å². The third kappa shape index (κ3) is 7.25. The number of alkyl halides is 6. The zero-order valence-corrected chi connectivity index (χ0v) is 26.6. The maximum Gasteiger partial charge on any atom is 0.429 e. The molecule has 2 unspecified atom stereocenters.